The van der Waals surface area contributed by atoms with Gasteiger partial charge in [-0.3, -0.25) is 4.79 Å². The number of anilines is 3. The van der Waals surface area contributed by atoms with Crippen molar-refractivity contribution in [2.75, 3.05) is 16.0 Å². The fraction of sp³-hybridized carbons (Fsp3) is 0.300. The van der Waals surface area contributed by atoms with Crippen molar-refractivity contribution in [3.05, 3.63) is 53.6 Å². The number of hydrogen-bond acceptors (Lipinski definition) is 3. The molecule has 3 rings (SSSR count). The number of amides is 3. The molecular formula is C20H24Cl2N4O2. The van der Waals surface area contributed by atoms with Gasteiger partial charge in [-0.25, -0.2) is 4.79 Å². The van der Waals surface area contributed by atoms with Crippen LogP contribution < -0.4 is 21.7 Å². The summed E-state index contributed by atoms with van der Waals surface area (Å²) in [7, 11) is 0. The third kappa shape index (κ3) is 6.41. The highest BCUT2D eigenvalue weighted by Crippen LogP contribution is 2.27. The van der Waals surface area contributed by atoms with Crippen LogP contribution in [0.25, 0.3) is 0 Å². The maximum Gasteiger partial charge on any atom is 0.323 e. The molecule has 5 N–H and O–H groups in total. The van der Waals surface area contributed by atoms with Crippen molar-refractivity contribution in [1.82, 2.24) is 0 Å². The summed E-state index contributed by atoms with van der Waals surface area (Å²) in [5.74, 6) is 0.237. The second-order valence-electron chi connectivity index (χ2n) is 6.77. The molecule has 1 aliphatic carbocycles. The maximum absolute atomic E-state index is 12.1. The van der Waals surface area contributed by atoms with Crippen LogP contribution in [0.1, 0.15) is 25.7 Å². The van der Waals surface area contributed by atoms with E-state index in [1.54, 1.807) is 48.5 Å². The van der Waals surface area contributed by atoms with Crippen molar-refractivity contribution in [1.29, 1.82) is 0 Å². The summed E-state index contributed by atoms with van der Waals surface area (Å²) >= 11 is 5.82. The van der Waals surface area contributed by atoms with Crippen LogP contribution in [-0.4, -0.2) is 18.0 Å². The number of hydrogen-bond donors (Lipinski definition) is 4. The summed E-state index contributed by atoms with van der Waals surface area (Å²) in [5, 5.41) is 8.94. The van der Waals surface area contributed by atoms with Crippen LogP contribution in [-0.2, 0) is 4.79 Å². The molecule has 1 fully saturated rings. The van der Waals surface area contributed by atoms with Gasteiger partial charge in [-0.05, 0) is 67.3 Å². The highest BCUT2D eigenvalue weighted by Gasteiger charge is 2.25. The first-order valence-corrected chi connectivity index (χ1v) is 9.36. The fourth-order valence-corrected chi connectivity index (χ4v) is 3.36. The Bertz CT molecular complexity index is 797. The zero-order valence-corrected chi connectivity index (χ0v) is 16.9. The normalized spacial score (nSPS) is 18.1. The average molecular weight is 423 g/mol. The molecule has 150 valence electrons. The third-order valence-electron chi connectivity index (χ3n) is 4.69. The molecule has 2 aromatic rings. The molecule has 28 heavy (non-hydrogen) atoms. The number of nitrogens with one attached hydrogen (secondary N) is 3. The Hall–Kier alpha value is -2.28. The van der Waals surface area contributed by atoms with Crippen LogP contribution >= 0.6 is 24.0 Å². The van der Waals surface area contributed by atoms with E-state index in [2.05, 4.69) is 16.0 Å². The first kappa shape index (κ1) is 22.0. The van der Waals surface area contributed by atoms with E-state index in [1.807, 2.05) is 0 Å². The number of rotatable bonds is 5. The minimum Gasteiger partial charge on any atom is -0.327 e. The van der Waals surface area contributed by atoms with Crippen molar-refractivity contribution >= 4 is 53.0 Å². The lowest BCUT2D eigenvalue weighted by Crippen LogP contribution is -2.28. The Labute approximate surface area is 175 Å². The molecular weight excluding hydrogens is 399 g/mol. The predicted molar refractivity (Wildman–Crippen MR) is 116 cm³/mol. The molecule has 1 aliphatic rings. The summed E-state index contributed by atoms with van der Waals surface area (Å²) in [4.78, 5) is 24.2. The molecule has 0 aromatic heterocycles. The molecule has 0 saturated heterocycles. The number of carbonyl (C=O) groups is 2. The van der Waals surface area contributed by atoms with Crippen molar-refractivity contribution in [2.45, 2.75) is 31.7 Å². The van der Waals surface area contributed by atoms with Crippen LogP contribution in [0.3, 0.4) is 0 Å². The van der Waals surface area contributed by atoms with Gasteiger partial charge in [0.1, 0.15) is 0 Å². The SMILES string of the molecule is Cl.N[C@@H]1CCC[C@H]1CC(=O)Nc1ccc(NC(=O)Nc2ccc(Cl)cc2)cc1. The lowest BCUT2D eigenvalue weighted by Gasteiger charge is -2.15. The Balaban J connectivity index is 0.00000280. The van der Waals surface area contributed by atoms with Gasteiger partial charge in [0.05, 0.1) is 0 Å². The Morgan fingerprint density at radius 2 is 1.39 bits per heavy atom. The zero-order valence-electron chi connectivity index (χ0n) is 15.3. The molecule has 0 radical (unpaired) electrons. The smallest absolute Gasteiger partial charge is 0.323 e. The van der Waals surface area contributed by atoms with Gasteiger partial charge in [0, 0.05) is 34.5 Å². The molecule has 0 heterocycles. The fourth-order valence-electron chi connectivity index (χ4n) is 3.23. The first-order chi connectivity index (χ1) is 13.0. The summed E-state index contributed by atoms with van der Waals surface area (Å²) in [6, 6.07) is 13.6. The number of nitrogens with two attached hydrogens (primary N) is 1. The monoisotopic (exact) mass is 422 g/mol. The number of carbonyl (C=O) groups excluding carboxylic acids is 2. The minimum atomic E-state index is -0.357. The first-order valence-electron chi connectivity index (χ1n) is 8.98. The van der Waals surface area contributed by atoms with E-state index in [0.29, 0.717) is 28.5 Å². The van der Waals surface area contributed by atoms with Gasteiger partial charge >= 0.3 is 6.03 Å². The van der Waals surface area contributed by atoms with Gasteiger partial charge in [0.25, 0.3) is 0 Å². The van der Waals surface area contributed by atoms with Gasteiger partial charge < -0.3 is 21.7 Å². The van der Waals surface area contributed by atoms with Crippen LogP contribution in [0.4, 0.5) is 21.9 Å². The van der Waals surface area contributed by atoms with E-state index in [0.717, 1.165) is 19.3 Å². The average Bonchev–Trinajstić information content (AvgIpc) is 3.03. The van der Waals surface area contributed by atoms with Gasteiger partial charge in [-0.15, -0.1) is 12.4 Å². The molecule has 0 spiro atoms. The summed E-state index contributed by atoms with van der Waals surface area (Å²) in [6.07, 6.45) is 3.55. The van der Waals surface area contributed by atoms with Gasteiger partial charge in [-0.1, -0.05) is 18.0 Å². The van der Waals surface area contributed by atoms with Crippen molar-refractivity contribution in [3.8, 4) is 0 Å². The highest BCUT2D eigenvalue weighted by atomic mass is 35.5. The zero-order chi connectivity index (χ0) is 19.2. The predicted octanol–water partition coefficient (Wildman–Crippen LogP) is 4.86. The van der Waals surface area contributed by atoms with Crippen LogP contribution in [0.5, 0.6) is 0 Å². The van der Waals surface area contributed by atoms with Gasteiger partial charge in [-0.2, -0.15) is 0 Å². The van der Waals surface area contributed by atoms with E-state index < -0.39 is 0 Å². The summed E-state index contributed by atoms with van der Waals surface area (Å²) < 4.78 is 0. The molecule has 2 aromatic carbocycles. The molecule has 0 aliphatic heterocycles. The minimum absolute atomic E-state index is 0. The Morgan fingerprint density at radius 3 is 1.89 bits per heavy atom. The van der Waals surface area contributed by atoms with Crippen molar-refractivity contribution in [3.63, 3.8) is 0 Å². The topological polar surface area (TPSA) is 96.2 Å². The van der Waals surface area contributed by atoms with E-state index in [1.165, 1.54) is 0 Å². The molecule has 8 heteroatoms. The third-order valence-corrected chi connectivity index (χ3v) is 4.95. The van der Waals surface area contributed by atoms with Crippen LogP contribution in [0.15, 0.2) is 48.5 Å². The Morgan fingerprint density at radius 1 is 0.893 bits per heavy atom. The Kier molecular flexibility index (Phi) is 8.11. The molecule has 0 bridgehead atoms. The van der Waals surface area contributed by atoms with E-state index in [9.17, 15) is 9.59 Å². The van der Waals surface area contributed by atoms with Crippen molar-refractivity contribution in [2.24, 2.45) is 11.7 Å². The van der Waals surface area contributed by atoms with Gasteiger partial charge in [0.15, 0.2) is 0 Å². The van der Waals surface area contributed by atoms with Crippen molar-refractivity contribution < 1.29 is 9.59 Å². The van der Waals surface area contributed by atoms with E-state index in [4.69, 9.17) is 17.3 Å². The highest BCUT2D eigenvalue weighted by molar-refractivity contribution is 6.30. The molecule has 1 saturated carbocycles. The second-order valence-corrected chi connectivity index (χ2v) is 7.21. The summed E-state index contributed by atoms with van der Waals surface area (Å²) in [5.41, 5.74) is 7.97. The van der Waals surface area contributed by atoms with Gasteiger partial charge in [0.2, 0.25) is 5.91 Å². The number of halogens is 2. The molecule has 2 atom stereocenters. The lowest BCUT2D eigenvalue weighted by atomic mass is 10.00. The molecule has 0 unspecified atom stereocenters. The van der Waals surface area contributed by atoms with Crippen LogP contribution in [0.2, 0.25) is 5.02 Å². The lowest BCUT2D eigenvalue weighted by molar-refractivity contribution is -0.117. The number of benzene rings is 2. The van der Waals surface area contributed by atoms with E-state index >= 15 is 0 Å². The van der Waals surface area contributed by atoms with E-state index in [-0.39, 0.29) is 36.3 Å². The molecule has 6 nitrogen and oxygen atoms in total. The quantitative estimate of drug-likeness (QED) is 0.553. The summed E-state index contributed by atoms with van der Waals surface area (Å²) in [6.45, 7) is 0. The largest absolute Gasteiger partial charge is 0.327 e. The molecule has 3 amide bonds. The van der Waals surface area contributed by atoms with Crippen LogP contribution in [0, 0.1) is 5.92 Å². The second kappa shape index (κ2) is 10.3. The standard InChI is InChI=1S/C20H23ClN4O2.ClH/c21-14-4-6-16(7-5-14)24-20(27)25-17-10-8-15(9-11-17)23-19(26)12-13-2-1-3-18(13)22;/h4-11,13,18H,1-3,12,22H2,(H,23,26)(H2,24,25,27);1H/t13-,18+;/m0./s1. The number of urea groups is 1. The maximum atomic E-state index is 12.1.